The van der Waals surface area contributed by atoms with Crippen molar-refractivity contribution in [3.63, 3.8) is 0 Å². The average Bonchev–Trinajstić information content (AvgIpc) is 2.72. The van der Waals surface area contributed by atoms with Crippen LogP contribution in [0, 0.1) is 5.92 Å². The number of sulfonamides is 1. The molecule has 5 nitrogen and oxygen atoms in total. The molecule has 0 amide bonds. The topological polar surface area (TPSA) is 59.5 Å². The van der Waals surface area contributed by atoms with E-state index in [1.165, 1.54) is 0 Å². The molecule has 0 radical (unpaired) electrons. The Hall–Kier alpha value is -1.14. The first-order chi connectivity index (χ1) is 10.5. The predicted octanol–water partition coefficient (Wildman–Crippen LogP) is 2.44. The van der Waals surface area contributed by atoms with Gasteiger partial charge in [-0.05, 0) is 30.9 Å². The van der Waals surface area contributed by atoms with E-state index in [1.54, 1.807) is 16.7 Å². The summed E-state index contributed by atoms with van der Waals surface area (Å²) in [6, 6.07) is 3.91. The third-order valence-corrected chi connectivity index (χ3v) is 6.77. The summed E-state index contributed by atoms with van der Waals surface area (Å²) < 4.78 is 33.0. The van der Waals surface area contributed by atoms with Gasteiger partial charge in [-0.1, -0.05) is 13.8 Å². The fourth-order valence-electron chi connectivity index (χ4n) is 3.75. The molecule has 0 spiro atoms. The van der Waals surface area contributed by atoms with Crippen molar-refractivity contribution in [3.8, 4) is 5.75 Å². The smallest absolute Gasteiger partial charge is 0.214 e. The summed E-state index contributed by atoms with van der Waals surface area (Å²) >= 11 is 0. The van der Waals surface area contributed by atoms with Gasteiger partial charge < -0.3 is 4.74 Å². The van der Waals surface area contributed by atoms with Gasteiger partial charge in [0.1, 0.15) is 11.9 Å². The van der Waals surface area contributed by atoms with Crippen molar-refractivity contribution >= 4 is 10.0 Å². The van der Waals surface area contributed by atoms with E-state index < -0.39 is 10.0 Å². The van der Waals surface area contributed by atoms with Crippen molar-refractivity contribution in [2.75, 3.05) is 5.75 Å². The highest BCUT2D eigenvalue weighted by atomic mass is 32.2. The molecule has 0 aromatic carbocycles. The maximum atomic E-state index is 12.6. The molecule has 2 bridgehead atoms. The number of ether oxygens (including phenoxy) is 1. The first-order valence-electron chi connectivity index (χ1n) is 8.03. The van der Waals surface area contributed by atoms with Crippen molar-refractivity contribution in [1.29, 1.82) is 0 Å². The lowest BCUT2D eigenvalue weighted by Gasteiger charge is -2.38. The van der Waals surface area contributed by atoms with Gasteiger partial charge in [0, 0.05) is 37.3 Å². The monoisotopic (exact) mass is 324 g/mol. The van der Waals surface area contributed by atoms with Crippen LogP contribution in [0.4, 0.5) is 0 Å². The van der Waals surface area contributed by atoms with Crippen LogP contribution in [0.5, 0.6) is 5.75 Å². The maximum Gasteiger partial charge on any atom is 0.214 e. The third kappa shape index (κ3) is 3.27. The lowest BCUT2D eigenvalue weighted by Crippen LogP contribution is -2.50. The minimum absolute atomic E-state index is 0.102. The molecule has 2 fully saturated rings. The molecule has 2 saturated heterocycles. The molecule has 1 aromatic heterocycles. The molecule has 3 rings (SSSR count). The first-order valence-corrected chi connectivity index (χ1v) is 9.64. The Kier molecular flexibility index (Phi) is 4.41. The van der Waals surface area contributed by atoms with Crippen LogP contribution in [0.3, 0.4) is 0 Å². The zero-order valence-electron chi connectivity index (χ0n) is 13.2. The van der Waals surface area contributed by atoms with Crippen LogP contribution in [-0.4, -0.2) is 41.6 Å². The van der Waals surface area contributed by atoms with Crippen molar-refractivity contribution < 1.29 is 13.2 Å². The molecule has 0 N–H and O–H groups in total. The number of pyridine rings is 1. The van der Waals surface area contributed by atoms with Crippen molar-refractivity contribution in [2.24, 2.45) is 5.92 Å². The van der Waals surface area contributed by atoms with Gasteiger partial charge >= 0.3 is 0 Å². The number of hydrogen-bond donors (Lipinski definition) is 0. The van der Waals surface area contributed by atoms with Gasteiger partial charge in [0.15, 0.2) is 0 Å². The minimum Gasteiger partial charge on any atom is -0.490 e. The molecule has 2 unspecified atom stereocenters. The third-order valence-electron chi connectivity index (χ3n) is 4.44. The SMILES string of the molecule is CC(C)CS(=O)(=O)N1C2CCC1CC(Oc1ccncc1)C2. The molecule has 0 saturated carbocycles. The summed E-state index contributed by atoms with van der Waals surface area (Å²) in [5.41, 5.74) is 0. The summed E-state index contributed by atoms with van der Waals surface area (Å²) in [5, 5.41) is 0. The summed E-state index contributed by atoms with van der Waals surface area (Å²) in [6.07, 6.45) is 7.02. The highest BCUT2D eigenvalue weighted by Gasteiger charge is 2.47. The minimum atomic E-state index is -3.15. The lowest BCUT2D eigenvalue weighted by molar-refractivity contribution is 0.0955. The number of rotatable bonds is 5. The largest absolute Gasteiger partial charge is 0.490 e. The molecule has 0 aliphatic carbocycles. The fourth-order valence-corrected chi connectivity index (χ4v) is 6.06. The highest BCUT2D eigenvalue weighted by Crippen LogP contribution is 2.39. The zero-order chi connectivity index (χ0) is 15.7. The normalized spacial score (nSPS) is 29.0. The lowest BCUT2D eigenvalue weighted by atomic mass is 10.0. The first kappa shape index (κ1) is 15.7. The standard InChI is InChI=1S/C16H24N2O3S/c1-12(2)11-22(19,20)18-13-3-4-14(18)10-16(9-13)21-15-5-7-17-8-6-15/h5-8,12-14,16H,3-4,9-11H2,1-2H3. The molecule has 22 heavy (non-hydrogen) atoms. The van der Waals surface area contributed by atoms with E-state index in [1.807, 2.05) is 26.0 Å². The number of fused-ring (bicyclic) bond motifs is 2. The van der Waals surface area contributed by atoms with Crippen LogP contribution in [-0.2, 0) is 10.0 Å². The van der Waals surface area contributed by atoms with Crippen LogP contribution < -0.4 is 4.74 Å². The molecule has 122 valence electrons. The Labute approximate surface area is 132 Å². The second-order valence-electron chi connectivity index (χ2n) is 6.78. The summed E-state index contributed by atoms with van der Waals surface area (Å²) in [5.74, 6) is 1.23. The van der Waals surface area contributed by atoms with Crippen molar-refractivity contribution in [3.05, 3.63) is 24.5 Å². The highest BCUT2D eigenvalue weighted by molar-refractivity contribution is 7.89. The van der Waals surface area contributed by atoms with E-state index in [4.69, 9.17) is 4.74 Å². The van der Waals surface area contributed by atoms with Gasteiger partial charge in [-0.2, -0.15) is 4.31 Å². The Morgan fingerprint density at radius 3 is 2.36 bits per heavy atom. The molecular formula is C16H24N2O3S. The molecule has 2 aliphatic heterocycles. The van der Waals surface area contributed by atoms with E-state index >= 15 is 0 Å². The summed E-state index contributed by atoms with van der Waals surface area (Å²) in [6.45, 7) is 3.91. The van der Waals surface area contributed by atoms with Crippen LogP contribution in [0.15, 0.2) is 24.5 Å². The van der Waals surface area contributed by atoms with Gasteiger partial charge in [-0.3, -0.25) is 4.98 Å². The van der Waals surface area contributed by atoms with Gasteiger partial charge in [0.25, 0.3) is 0 Å². The van der Waals surface area contributed by atoms with Crippen molar-refractivity contribution in [2.45, 2.75) is 57.7 Å². The molecule has 6 heteroatoms. The molecule has 2 aliphatic rings. The van der Waals surface area contributed by atoms with Crippen LogP contribution in [0.1, 0.15) is 39.5 Å². The van der Waals surface area contributed by atoms with E-state index in [0.29, 0.717) is 0 Å². The second kappa shape index (κ2) is 6.16. The molecule has 1 aromatic rings. The average molecular weight is 324 g/mol. The quantitative estimate of drug-likeness (QED) is 0.835. The van der Waals surface area contributed by atoms with Gasteiger partial charge in [-0.15, -0.1) is 0 Å². The Balaban J connectivity index is 1.69. The van der Waals surface area contributed by atoms with E-state index in [9.17, 15) is 8.42 Å². The number of nitrogens with zero attached hydrogens (tertiary/aromatic N) is 2. The van der Waals surface area contributed by atoms with Crippen LogP contribution in [0.2, 0.25) is 0 Å². The van der Waals surface area contributed by atoms with Crippen LogP contribution in [0.25, 0.3) is 0 Å². The maximum absolute atomic E-state index is 12.6. The zero-order valence-corrected chi connectivity index (χ0v) is 14.0. The molecule has 3 heterocycles. The number of hydrogen-bond acceptors (Lipinski definition) is 4. The van der Waals surface area contributed by atoms with Crippen LogP contribution >= 0.6 is 0 Å². The Morgan fingerprint density at radius 1 is 1.23 bits per heavy atom. The molecular weight excluding hydrogens is 300 g/mol. The predicted molar refractivity (Wildman–Crippen MR) is 85.2 cm³/mol. The van der Waals surface area contributed by atoms with Crippen molar-refractivity contribution in [1.82, 2.24) is 9.29 Å². The van der Waals surface area contributed by atoms with Gasteiger partial charge in [-0.25, -0.2) is 8.42 Å². The van der Waals surface area contributed by atoms with Gasteiger partial charge in [0.2, 0.25) is 10.0 Å². The molecule has 2 atom stereocenters. The number of piperidine rings is 1. The summed E-state index contributed by atoms with van der Waals surface area (Å²) in [7, 11) is -3.15. The fraction of sp³-hybridized carbons (Fsp3) is 0.688. The van der Waals surface area contributed by atoms with E-state index in [0.717, 1.165) is 31.4 Å². The van der Waals surface area contributed by atoms with E-state index in [2.05, 4.69) is 4.98 Å². The second-order valence-corrected chi connectivity index (χ2v) is 8.70. The van der Waals surface area contributed by atoms with E-state index in [-0.39, 0.29) is 29.9 Å². The summed E-state index contributed by atoms with van der Waals surface area (Å²) in [4.78, 5) is 3.99. The Morgan fingerprint density at radius 2 is 1.82 bits per heavy atom. The Bertz CT molecular complexity index is 589. The number of aromatic nitrogens is 1. The van der Waals surface area contributed by atoms with Gasteiger partial charge in [0.05, 0.1) is 5.75 Å².